The van der Waals surface area contributed by atoms with Crippen LogP contribution in [0.2, 0.25) is 0 Å². The number of aryl methyl sites for hydroxylation is 1. The summed E-state index contributed by atoms with van der Waals surface area (Å²) >= 11 is 1.59. The van der Waals surface area contributed by atoms with Gasteiger partial charge in [-0.3, -0.25) is 9.59 Å². The zero-order valence-corrected chi connectivity index (χ0v) is 30.2. The molecular formula is C41H50N6O2S. The van der Waals surface area contributed by atoms with Crippen molar-refractivity contribution in [3.05, 3.63) is 107 Å². The highest BCUT2D eigenvalue weighted by atomic mass is 32.1. The number of carbonyl (C=O) groups is 2. The van der Waals surface area contributed by atoms with E-state index in [0.717, 1.165) is 69.3 Å². The van der Waals surface area contributed by atoms with E-state index in [1.165, 1.54) is 0 Å². The smallest absolute Gasteiger partial charge is 0.240 e. The van der Waals surface area contributed by atoms with Crippen LogP contribution in [-0.2, 0) is 22.4 Å². The van der Waals surface area contributed by atoms with Gasteiger partial charge < -0.3 is 26.6 Å². The summed E-state index contributed by atoms with van der Waals surface area (Å²) in [5, 5.41) is 10.9. The Kier molecular flexibility index (Phi) is 11.5. The Balaban J connectivity index is 1.20. The summed E-state index contributed by atoms with van der Waals surface area (Å²) in [5.41, 5.74) is 16.5. The van der Waals surface area contributed by atoms with Crippen LogP contribution in [0.15, 0.2) is 90.3 Å². The van der Waals surface area contributed by atoms with Crippen molar-refractivity contribution in [1.82, 2.24) is 14.8 Å². The molecule has 4 aromatic carbocycles. The fraction of sp³-hybridized carbons (Fsp3) is 0.390. The van der Waals surface area contributed by atoms with Crippen LogP contribution in [-0.4, -0.2) is 70.4 Å². The molecule has 9 heteroatoms. The molecule has 8 nitrogen and oxygen atoms in total. The van der Waals surface area contributed by atoms with E-state index in [1.54, 1.807) is 11.3 Å². The molecule has 0 radical (unpaired) electrons. The summed E-state index contributed by atoms with van der Waals surface area (Å²) in [6.45, 7) is 7.91. The summed E-state index contributed by atoms with van der Waals surface area (Å²) in [6, 6.07) is 27.3. The molecule has 5 N–H and O–H groups in total. The van der Waals surface area contributed by atoms with Crippen molar-refractivity contribution in [3.8, 4) is 0 Å². The molecular weight excluding hydrogens is 641 g/mol. The molecule has 0 bridgehead atoms. The molecule has 1 saturated heterocycles. The van der Waals surface area contributed by atoms with Crippen molar-refractivity contribution in [2.75, 3.05) is 25.0 Å². The van der Waals surface area contributed by atoms with Crippen molar-refractivity contribution in [3.63, 3.8) is 0 Å². The van der Waals surface area contributed by atoms with E-state index < -0.39 is 12.1 Å². The quantitative estimate of drug-likeness (QED) is 0.121. The first-order valence-corrected chi connectivity index (χ1v) is 18.8. The van der Waals surface area contributed by atoms with Gasteiger partial charge >= 0.3 is 0 Å². The molecule has 1 aromatic heterocycles. The van der Waals surface area contributed by atoms with Crippen LogP contribution in [0.3, 0.4) is 0 Å². The zero-order valence-electron chi connectivity index (χ0n) is 29.4. The topological polar surface area (TPSA) is 118 Å². The van der Waals surface area contributed by atoms with Crippen LogP contribution in [0.4, 0.5) is 5.13 Å². The van der Waals surface area contributed by atoms with E-state index in [4.69, 9.17) is 11.5 Å². The maximum Gasteiger partial charge on any atom is 0.240 e. The summed E-state index contributed by atoms with van der Waals surface area (Å²) in [5.74, 6) is 0.212. The Bertz CT molecular complexity index is 1920. The van der Waals surface area contributed by atoms with Gasteiger partial charge in [-0.2, -0.15) is 0 Å². The van der Waals surface area contributed by atoms with Crippen LogP contribution < -0.4 is 16.8 Å². The van der Waals surface area contributed by atoms with Gasteiger partial charge in [-0.15, -0.1) is 11.3 Å². The van der Waals surface area contributed by atoms with Crippen LogP contribution in [0.1, 0.15) is 49.9 Å². The van der Waals surface area contributed by atoms with Gasteiger partial charge in [0.1, 0.15) is 0 Å². The lowest BCUT2D eigenvalue weighted by molar-refractivity contribution is -0.149. The molecule has 0 saturated carbocycles. The summed E-state index contributed by atoms with van der Waals surface area (Å²) < 4.78 is 0. The van der Waals surface area contributed by atoms with Crippen molar-refractivity contribution < 1.29 is 9.59 Å². The molecule has 1 aliphatic heterocycles. The van der Waals surface area contributed by atoms with E-state index in [0.29, 0.717) is 31.8 Å². The molecule has 50 heavy (non-hydrogen) atoms. The van der Waals surface area contributed by atoms with Gasteiger partial charge in [-0.05, 0) is 77.6 Å². The lowest BCUT2D eigenvalue weighted by atomic mass is 9.93. The highest BCUT2D eigenvalue weighted by molar-refractivity contribution is 7.13. The second kappa shape index (κ2) is 16.1. The first-order valence-electron chi connectivity index (χ1n) is 17.9. The number of fused-ring (bicyclic) bond motifs is 2. The molecule has 4 atom stereocenters. The number of carbonyl (C=O) groups excluding carboxylic acids is 2. The van der Waals surface area contributed by atoms with Crippen LogP contribution >= 0.6 is 11.3 Å². The van der Waals surface area contributed by atoms with Crippen LogP contribution in [0, 0.1) is 12.8 Å². The second-order valence-electron chi connectivity index (χ2n) is 14.3. The second-order valence-corrected chi connectivity index (χ2v) is 15.1. The van der Waals surface area contributed by atoms with E-state index in [1.807, 2.05) is 46.4 Å². The largest absolute Gasteiger partial charge is 0.362 e. The Labute approximate surface area is 299 Å². The monoisotopic (exact) mass is 690 g/mol. The number of rotatable bonds is 13. The number of thiazole rings is 1. The summed E-state index contributed by atoms with van der Waals surface area (Å²) in [6.07, 6.45) is 3.22. The zero-order chi connectivity index (χ0) is 35.2. The van der Waals surface area contributed by atoms with Crippen molar-refractivity contribution in [2.24, 2.45) is 17.4 Å². The normalized spacial score (nSPS) is 17.7. The lowest BCUT2D eigenvalue weighted by Gasteiger charge is -2.48. The van der Waals surface area contributed by atoms with E-state index in [9.17, 15) is 9.59 Å². The number of piperazine rings is 1. The SMILES string of the molecule is Cc1csc(NCCCC2CN(C(=O)[C@H](N)Cc3ccc4ccccc4c3)[C@H](CC(C)C)CN2C(=O)C(N)Cc2ccc3ccccc3c2)n1. The third-order valence-electron chi connectivity index (χ3n) is 9.79. The Morgan fingerprint density at radius 1 is 0.800 bits per heavy atom. The number of hydrogen-bond acceptors (Lipinski definition) is 7. The molecule has 1 fully saturated rings. The molecule has 262 valence electrons. The number of nitrogens with zero attached hydrogens (tertiary/aromatic N) is 3. The summed E-state index contributed by atoms with van der Waals surface area (Å²) in [4.78, 5) is 37.0. The molecule has 1 aliphatic rings. The number of hydrogen-bond donors (Lipinski definition) is 3. The minimum atomic E-state index is -0.688. The van der Waals surface area contributed by atoms with Crippen LogP contribution in [0.25, 0.3) is 21.5 Å². The molecule has 6 rings (SSSR count). The van der Waals surface area contributed by atoms with Gasteiger partial charge in [0.2, 0.25) is 11.8 Å². The molecule has 5 aromatic rings. The van der Waals surface area contributed by atoms with Crippen molar-refractivity contribution in [2.45, 2.75) is 77.0 Å². The first kappa shape index (κ1) is 35.5. The lowest BCUT2D eigenvalue weighted by Crippen LogP contribution is -2.65. The van der Waals surface area contributed by atoms with Gasteiger partial charge in [0.05, 0.1) is 17.8 Å². The maximum absolute atomic E-state index is 14.3. The van der Waals surface area contributed by atoms with E-state index >= 15 is 0 Å². The standard InChI is InChI=1S/C41H50N6O2S/c1-27(2)19-36-25-46(39(48)37(42)22-29-14-16-31-9-4-6-11-33(31)20-29)35(13-8-18-44-41-45-28(3)26-50-41)24-47(36)40(49)38(43)23-30-15-17-32-10-5-7-12-34(32)21-30/h4-7,9-12,14-17,20-21,26-27,35-38H,8,13,18-19,22-25,42-43H2,1-3H3,(H,44,45)/t35?,36-,37?,38-/m1/s1. The molecule has 2 heterocycles. The van der Waals surface area contributed by atoms with Gasteiger partial charge in [-0.1, -0.05) is 98.8 Å². The predicted octanol–water partition coefficient (Wildman–Crippen LogP) is 6.54. The van der Waals surface area contributed by atoms with Gasteiger partial charge in [-0.25, -0.2) is 4.98 Å². The van der Waals surface area contributed by atoms with E-state index in [2.05, 4.69) is 84.8 Å². The Morgan fingerprint density at radius 2 is 1.32 bits per heavy atom. The van der Waals surface area contributed by atoms with Gasteiger partial charge in [0.15, 0.2) is 5.13 Å². The number of anilines is 1. The predicted molar refractivity (Wildman–Crippen MR) is 206 cm³/mol. The average Bonchev–Trinajstić information content (AvgIpc) is 3.53. The molecule has 2 unspecified atom stereocenters. The Hall–Kier alpha value is -4.31. The molecule has 0 spiro atoms. The average molecular weight is 691 g/mol. The van der Waals surface area contributed by atoms with Crippen LogP contribution in [0.5, 0.6) is 0 Å². The minimum absolute atomic E-state index is 0.0576. The fourth-order valence-corrected chi connectivity index (χ4v) is 8.01. The number of nitrogens with two attached hydrogens (primary N) is 2. The maximum atomic E-state index is 14.3. The van der Waals surface area contributed by atoms with E-state index in [-0.39, 0.29) is 23.9 Å². The third-order valence-corrected chi connectivity index (χ3v) is 10.7. The fourth-order valence-electron chi connectivity index (χ4n) is 7.29. The number of aromatic nitrogens is 1. The highest BCUT2D eigenvalue weighted by Crippen LogP contribution is 2.27. The van der Waals surface area contributed by atoms with Crippen molar-refractivity contribution in [1.29, 1.82) is 0 Å². The number of amides is 2. The summed E-state index contributed by atoms with van der Waals surface area (Å²) in [7, 11) is 0. The molecule has 0 aliphatic carbocycles. The van der Waals surface area contributed by atoms with Gasteiger partial charge in [0, 0.05) is 37.1 Å². The van der Waals surface area contributed by atoms with Gasteiger partial charge in [0.25, 0.3) is 0 Å². The molecule has 2 amide bonds. The number of benzene rings is 4. The number of nitrogens with one attached hydrogen (secondary N) is 1. The highest BCUT2D eigenvalue weighted by Gasteiger charge is 2.40. The first-order chi connectivity index (χ1) is 24.1. The minimum Gasteiger partial charge on any atom is -0.362 e. The van der Waals surface area contributed by atoms with Crippen molar-refractivity contribution >= 4 is 49.8 Å². The third kappa shape index (κ3) is 8.70. The Morgan fingerprint density at radius 3 is 1.84 bits per heavy atom.